The van der Waals surface area contributed by atoms with Crippen LogP contribution in [0.1, 0.15) is 21.5 Å². The zero-order valence-electron chi connectivity index (χ0n) is 20.6. The molecular weight excluding hydrogens is 486 g/mol. The molecule has 0 unspecified atom stereocenters. The minimum Gasteiger partial charge on any atom is -0.493 e. The van der Waals surface area contributed by atoms with Gasteiger partial charge in [0.1, 0.15) is 6.61 Å². The Balaban J connectivity index is 1.13. The Morgan fingerprint density at radius 3 is 2.68 bits per heavy atom. The molecule has 38 heavy (non-hydrogen) atoms. The molecular formula is C29H25N3O6. The van der Waals surface area contributed by atoms with Gasteiger partial charge in [0.05, 0.1) is 19.9 Å². The van der Waals surface area contributed by atoms with Crippen molar-refractivity contribution in [3.63, 3.8) is 0 Å². The number of fused-ring (bicyclic) bond motifs is 2. The molecule has 0 aromatic heterocycles. The molecule has 0 fully saturated rings. The van der Waals surface area contributed by atoms with Crippen molar-refractivity contribution in [1.82, 2.24) is 10.7 Å². The first kappa shape index (κ1) is 24.6. The Hall–Kier alpha value is -5.05. The fourth-order valence-corrected chi connectivity index (χ4v) is 3.98. The van der Waals surface area contributed by atoms with E-state index in [-0.39, 0.29) is 13.3 Å². The minimum atomic E-state index is -0.475. The highest BCUT2D eigenvalue weighted by Gasteiger charge is 2.16. The number of carbonyl (C=O) groups excluding carboxylic acids is 2. The number of nitrogens with one attached hydrogen (secondary N) is 2. The van der Waals surface area contributed by atoms with Crippen LogP contribution in [0.2, 0.25) is 0 Å². The Bertz CT molecular complexity index is 1510. The highest BCUT2D eigenvalue weighted by molar-refractivity contribution is 5.97. The van der Waals surface area contributed by atoms with Crippen LogP contribution in [0.3, 0.4) is 0 Å². The molecule has 192 valence electrons. The number of nitrogens with zero attached hydrogens (tertiary/aromatic N) is 1. The van der Waals surface area contributed by atoms with Crippen molar-refractivity contribution in [2.45, 2.75) is 6.61 Å². The third-order valence-corrected chi connectivity index (χ3v) is 5.90. The molecule has 0 saturated carbocycles. The van der Waals surface area contributed by atoms with Crippen molar-refractivity contribution in [2.75, 3.05) is 20.4 Å². The normalized spacial score (nSPS) is 11.9. The Morgan fingerprint density at radius 1 is 0.947 bits per heavy atom. The second kappa shape index (κ2) is 11.3. The molecule has 2 amide bonds. The van der Waals surface area contributed by atoms with E-state index in [1.54, 1.807) is 43.5 Å². The van der Waals surface area contributed by atoms with Crippen LogP contribution in [0, 0.1) is 0 Å². The molecule has 0 radical (unpaired) electrons. The van der Waals surface area contributed by atoms with Crippen molar-refractivity contribution >= 4 is 28.8 Å². The lowest BCUT2D eigenvalue weighted by Crippen LogP contribution is -2.34. The van der Waals surface area contributed by atoms with Gasteiger partial charge in [0.2, 0.25) is 6.79 Å². The van der Waals surface area contributed by atoms with Crippen LogP contribution in [0.15, 0.2) is 84.0 Å². The largest absolute Gasteiger partial charge is 0.493 e. The monoisotopic (exact) mass is 511 g/mol. The third kappa shape index (κ3) is 5.67. The topological polar surface area (TPSA) is 107 Å². The van der Waals surface area contributed by atoms with Crippen LogP contribution in [0.25, 0.3) is 10.8 Å². The molecule has 9 heteroatoms. The summed E-state index contributed by atoms with van der Waals surface area (Å²) in [7, 11) is 1.56. The molecule has 0 saturated heterocycles. The van der Waals surface area contributed by atoms with E-state index in [0.717, 1.165) is 16.3 Å². The van der Waals surface area contributed by atoms with Gasteiger partial charge in [-0.05, 0) is 58.3 Å². The molecule has 1 aliphatic heterocycles. The molecule has 2 N–H and O–H groups in total. The lowest BCUT2D eigenvalue weighted by Gasteiger charge is -2.12. The van der Waals surface area contributed by atoms with E-state index in [4.69, 9.17) is 18.9 Å². The maximum Gasteiger partial charge on any atom is 0.259 e. The van der Waals surface area contributed by atoms with Crippen LogP contribution >= 0.6 is 0 Å². The molecule has 0 spiro atoms. The van der Waals surface area contributed by atoms with Crippen molar-refractivity contribution < 1.29 is 28.5 Å². The van der Waals surface area contributed by atoms with Crippen LogP contribution < -0.4 is 29.7 Å². The first-order valence-electron chi connectivity index (χ1n) is 11.9. The van der Waals surface area contributed by atoms with Gasteiger partial charge in [-0.15, -0.1) is 0 Å². The van der Waals surface area contributed by atoms with E-state index in [1.807, 2.05) is 24.3 Å². The quantitative estimate of drug-likeness (QED) is 0.260. The summed E-state index contributed by atoms with van der Waals surface area (Å²) in [6, 6.07) is 24.4. The highest BCUT2D eigenvalue weighted by atomic mass is 16.7. The Kier molecular flexibility index (Phi) is 7.35. The maximum absolute atomic E-state index is 12.3. The number of carbonyl (C=O) groups is 2. The predicted molar refractivity (Wildman–Crippen MR) is 142 cm³/mol. The first-order chi connectivity index (χ1) is 18.6. The summed E-state index contributed by atoms with van der Waals surface area (Å²) in [6.07, 6.45) is 1.48. The molecule has 4 aromatic rings. The fraction of sp³-hybridized carbons (Fsp3) is 0.138. The van der Waals surface area contributed by atoms with Crippen molar-refractivity contribution in [3.8, 4) is 23.0 Å². The standard InChI is InChI=1S/C29H25N3O6/c1-35-26-13-19(9-11-24(26)36-17-22-7-4-6-20-5-2-3-8-23(20)22)15-31-32-28(33)16-30-29(34)21-10-12-25-27(14-21)38-18-37-25/h2-15H,16-18H2,1H3,(H,30,34)(H,32,33). The number of hydrazone groups is 1. The van der Waals surface area contributed by atoms with Gasteiger partial charge >= 0.3 is 0 Å². The van der Waals surface area contributed by atoms with Crippen molar-refractivity contribution in [1.29, 1.82) is 0 Å². The molecule has 1 aliphatic rings. The number of hydrogen-bond acceptors (Lipinski definition) is 7. The van der Waals surface area contributed by atoms with Gasteiger partial charge in [0.15, 0.2) is 23.0 Å². The molecule has 4 aromatic carbocycles. The summed E-state index contributed by atoms with van der Waals surface area (Å²) in [5.41, 5.74) is 4.53. The van der Waals surface area contributed by atoms with Crippen LogP contribution in [0.4, 0.5) is 0 Å². The summed E-state index contributed by atoms with van der Waals surface area (Å²) in [4.78, 5) is 24.4. The summed E-state index contributed by atoms with van der Waals surface area (Å²) >= 11 is 0. The Morgan fingerprint density at radius 2 is 1.79 bits per heavy atom. The number of ether oxygens (including phenoxy) is 4. The molecule has 5 rings (SSSR count). The van der Waals surface area contributed by atoms with Gasteiger partial charge in [-0.3, -0.25) is 9.59 Å². The number of rotatable bonds is 9. The van der Waals surface area contributed by atoms with E-state index in [9.17, 15) is 9.59 Å². The number of hydrogen-bond donors (Lipinski definition) is 2. The maximum atomic E-state index is 12.3. The number of benzene rings is 4. The van der Waals surface area contributed by atoms with Crippen LogP contribution in [-0.2, 0) is 11.4 Å². The van der Waals surface area contributed by atoms with Crippen molar-refractivity contribution in [2.24, 2.45) is 5.10 Å². The number of methoxy groups -OCH3 is 1. The molecule has 0 atom stereocenters. The summed E-state index contributed by atoms with van der Waals surface area (Å²) < 4.78 is 22.0. The molecule has 1 heterocycles. The van der Waals surface area contributed by atoms with Gasteiger partial charge in [-0.1, -0.05) is 42.5 Å². The zero-order valence-corrected chi connectivity index (χ0v) is 20.6. The summed E-state index contributed by atoms with van der Waals surface area (Å²) in [6.45, 7) is 0.265. The summed E-state index contributed by atoms with van der Waals surface area (Å²) in [5, 5.41) is 8.80. The van der Waals surface area contributed by atoms with Crippen molar-refractivity contribution in [3.05, 3.63) is 95.6 Å². The van der Waals surface area contributed by atoms with Gasteiger partial charge in [-0.2, -0.15) is 5.10 Å². The van der Waals surface area contributed by atoms with Gasteiger partial charge in [0.25, 0.3) is 11.8 Å². The van der Waals surface area contributed by atoms with Crippen LogP contribution in [0.5, 0.6) is 23.0 Å². The molecule has 0 bridgehead atoms. The van der Waals surface area contributed by atoms with E-state index in [1.165, 1.54) is 6.21 Å². The Labute approximate surface area is 219 Å². The third-order valence-electron chi connectivity index (χ3n) is 5.90. The van der Waals surface area contributed by atoms with Gasteiger partial charge in [-0.25, -0.2) is 5.43 Å². The first-order valence-corrected chi connectivity index (χ1v) is 11.9. The number of amides is 2. The van der Waals surface area contributed by atoms with Crippen LogP contribution in [-0.4, -0.2) is 38.5 Å². The average Bonchev–Trinajstić information content (AvgIpc) is 3.43. The predicted octanol–water partition coefficient (Wildman–Crippen LogP) is 4.04. The molecule has 0 aliphatic carbocycles. The second-order valence-corrected chi connectivity index (χ2v) is 8.38. The smallest absolute Gasteiger partial charge is 0.259 e. The molecule has 9 nitrogen and oxygen atoms in total. The zero-order chi connectivity index (χ0) is 26.3. The SMILES string of the molecule is COc1cc(C=NNC(=O)CNC(=O)c2ccc3c(c2)OCO3)ccc1OCc1cccc2ccccc12. The highest BCUT2D eigenvalue weighted by Crippen LogP contribution is 2.32. The minimum absolute atomic E-state index is 0.119. The van der Waals surface area contributed by atoms with Gasteiger partial charge < -0.3 is 24.3 Å². The fourth-order valence-electron chi connectivity index (χ4n) is 3.98. The second-order valence-electron chi connectivity index (χ2n) is 8.38. The van der Waals surface area contributed by atoms with E-state index < -0.39 is 11.8 Å². The lowest BCUT2D eigenvalue weighted by atomic mass is 10.1. The van der Waals surface area contributed by atoms with E-state index >= 15 is 0 Å². The van der Waals surface area contributed by atoms with E-state index in [0.29, 0.717) is 40.7 Å². The average molecular weight is 512 g/mol. The van der Waals surface area contributed by atoms with E-state index in [2.05, 4.69) is 34.0 Å². The summed E-state index contributed by atoms with van der Waals surface area (Å²) in [5.74, 6) is 1.31. The van der Waals surface area contributed by atoms with Gasteiger partial charge in [0, 0.05) is 5.56 Å². The lowest BCUT2D eigenvalue weighted by molar-refractivity contribution is -0.120.